The molecule has 0 fully saturated rings. The largest absolute Gasteiger partial charge is 0.481 e. The van der Waals surface area contributed by atoms with E-state index in [4.69, 9.17) is 0 Å². The minimum Gasteiger partial charge on any atom is -0.481 e. The zero-order valence-corrected chi connectivity index (χ0v) is 20.4. The number of carboxylic acid groups (broad SMARTS) is 1. The number of unbranched alkanes of at least 4 members (excludes halogenated alkanes) is 7. The van der Waals surface area contributed by atoms with Crippen molar-refractivity contribution in [2.24, 2.45) is 17.3 Å². The van der Waals surface area contributed by atoms with Gasteiger partial charge in [-0.1, -0.05) is 89.8 Å². The number of benzene rings is 1. The lowest BCUT2D eigenvalue weighted by Gasteiger charge is -2.36. The second-order valence-corrected chi connectivity index (χ2v) is 9.81. The Hall–Kier alpha value is -1.64. The molecular weight excluding hydrogens is 372 g/mol. The van der Waals surface area contributed by atoms with Gasteiger partial charge in [0.1, 0.15) is 0 Å². The molecule has 0 amide bonds. The summed E-state index contributed by atoms with van der Waals surface area (Å²) in [6, 6.07) is 4.04. The Kier molecular flexibility index (Phi) is 10.8. The van der Waals surface area contributed by atoms with E-state index in [0.29, 0.717) is 12.0 Å². The summed E-state index contributed by atoms with van der Waals surface area (Å²) >= 11 is 0. The van der Waals surface area contributed by atoms with Gasteiger partial charge in [0.2, 0.25) is 0 Å². The minimum atomic E-state index is -1.04. The summed E-state index contributed by atoms with van der Waals surface area (Å²) in [5, 5.41) is 10.2. The highest BCUT2D eigenvalue weighted by atomic mass is 16.4. The standard InChI is InChI=1S/C27H44O3/c1-8-9-10-11-12-13-14-15-16-27(7,26(29)30)24(19(2)3)25(28)23-21(5)17-20(4)18-22(23)6/h17-19,24H,8-16H2,1-7H3,(H,29,30). The number of hydrogen-bond donors (Lipinski definition) is 1. The summed E-state index contributed by atoms with van der Waals surface area (Å²) in [6.07, 6.45) is 9.93. The zero-order chi connectivity index (χ0) is 22.9. The number of rotatable bonds is 14. The number of carbonyl (C=O) groups excluding carboxylic acids is 1. The van der Waals surface area contributed by atoms with E-state index in [1.165, 1.54) is 32.1 Å². The van der Waals surface area contributed by atoms with Crippen molar-refractivity contribution in [1.82, 2.24) is 0 Å². The summed E-state index contributed by atoms with van der Waals surface area (Å²) in [7, 11) is 0. The molecule has 0 aromatic heterocycles. The van der Waals surface area contributed by atoms with Crippen LogP contribution in [0.25, 0.3) is 0 Å². The molecular formula is C27H44O3. The lowest BCUT2D eigenvalue weighted by Crippen LogP contribution is -2.43. The van der Waals surface area contributed by atoms with E-state index >= 15 is 0 Å². The van der Waals surface area contributed by atoms with Crippen molar-refractivity contribution in [1.29, 1.82) is 0 Å². The van der Waals surface area contributed by atoms with E-state index in [-0.39, 0.29) is 11.7 Å². The van der Waals surface area contributed by atoms with Crippen molar-refractivity contribution >= 4 is 11.8 Å². The van der Waals surface area contributed by atoms with Crippen LogP contribution >= 0.6 is 0 Å². The third kappa shape index (κ3) is 6.96. The summed E-state index contributed by atoms with van der Waals surface area (Å²) in [6.45, 7) is 13.9. The molecule has 3 heteroatoms. The first-order valence-electron chi connectivity index (χ1n) is 11.9. The van der Waals surface area contributed by atoms with Crippen molar-refractivity contribution in [3.05, 3.63) is 34.4 Å². The van der Waals surface area contributed by atoms with Crippen molar-refractivity contribution in [3.8, 4) is 0 Å². The van der Waals surface area contributed by atoms with Crippen molar-refractivity contribution in [2.45, 2.75) is 106 Å². The van der Waals surface area contributed by atoms with E-state index in [1.54, 1.807) is 6.92 Å². The first kappa shape index (κ1) is 26.4. The fourth-order valence-electron chi connectivity index (χ4n) is 5.07. The van der Waals surface area contributed by atoms with Gasteiger partial charge in [0.15, 0.2) is 5.78 Å². The van der Waals surface area contributed by atoms with Crippen LogP contribution < -0.4 is 0 Å². The molecule has 0 radical (unpaired) electrons. The molecule has 0 saturated carbocycles. The van der Waals surface area contributed by atoms with Crippen LogP contribution in [0.3, 0.4) is 0 Å². The van der Waals surface area contributed by atoms with Gasteiger partial charge >= 0.3 is 5.97 Å². The van der Waals surface area contributed by atoms with Gasteiger partial charge in [-0.25, -0.2) is 0 Å². The Morgan fingerprint density at radius 1 is 0.900 bits per heavy atom. The molecule has 170 valence electrons. The fourth-order valence-corrected chi connectivity index (χ4v) is 5.07. The van der Waals surface area contributed by atoms with Crippen molar-refractivity contribution in [3.63, 3.8) is 0 Å². The van der Waals surface area contributed by atoms with E-state index in [2.05, 4.69) is 6.92 Å². The van der Waals surface area contributed by atoms with Gasteiger partial charge in [-0.05, 0) is 51.2 Å². The van der Waals surface area contributed by atoms with Crippen LogP contribution in [-0.2, 0) is 4.79 Å². The van der Waals surface area contributed by atoms with Gasteiger partial charge in [-0.3, -0.25) is 9.59 Å². The maximum Gasteiger partial charge on any atom is 0.310 e. The highest BCUT2D eigenvalue weighted by Gasteiger charge is 2.47. The topological polar surface area (TPSA) is 54.4 Å². The second-order valence-electron chi connectivity index (χ2n) is 9.81. The predicted molar refractivity (Wildman–Crippen MR) is 126 cm³/mol. The molecule has 0 spiro atoms. The molecule has 2 atom stereocenters. The lowest BCUT2D eigenvalue weighted by molar-refractivity contribution is -0.152. The van der Waals surface area contributed by atoms with Crippen molar-refractivity contribution < 1.29 is 14.7 Å². The Morgan fingerprint density at radius 2 is 1.37 bits per heavy atom. The molecule has 3 nitrogen and oxygen atoms in total. The number of aryl methyl sites for hydroxylation is 3. The van der Waals surface area contributed by atoms with E-state index in [0.717, 1.165) is 36.0 Å². The third-order valence-corrected chi connectivity index (χ3v) is 6.60. The maximum absolute atomic E-state index is 13.7. The molecule has 2 unspecified atom stereocenters. The van der Waals surface area contributed by atoms with Gasteiger partial charge in [-0.15, -0.1) is 0 Å². The Morgan fingerprint density at radius 3 is 1.80 bits per heavy atom. The number of Topliss-reactive ketones (excluding diaryl/α,β-unsaturated/α-hetero) is 1. The number of ketones is 1. The first-order valence-corrected chi connectivity index (χ1v) is 11.9. The zero-order valence-electron chi connectivity index (χ0n) is 20.4. The van der Waals surface area contributed by atoms with E-state index in [9.17, 15) is 14.7 Å². The quantitative estimate of drug-likeness (QED) is 0.250. The van der Waals surface area contributed by atoms with Gasteiger partial charge < -0.3 is 5.11 Å². The van der Waals surface area contributed by atoms with Crippen molar-refractivity contribution in [2.75, 3.05) is 0 Å². The van der Waals surface area contributed by atoms with Crippen LogP contribution in [0.4, 0.5) is 0 Å². The van der Waals surface area contributed by atoms with Gasteiger partial charge in [0.05, 0.1) is 5.41 Å². The number of carbonyl (C=O) groups is 2. The van der Waals surface area contributed by atoms with Gasteiger partial charge in [-0.2, -0.15) is 0 Å². The molecule has 1 rings (SSSR count). The minimum absolute atomic E-state index is 0.00975. The van der Waals surface area contributed by atoms with Crippen LogP contribution in [0.1, 0.15) is 113 Å². The van der Waals surface area contributed by atoms with Gasteiger partial charge in [0, 0.05) is 11.5 Å². The smallest absolute Gasteiger partial charge is 0.310 e. The monoisotopic (exact) mass is 416 g/mol. The van der Waals surface area contributed by atoms with Crippen LogP contribution in [0, 0.1) is 38.0 Å². The lowest BCUT2D eigenvalue weighted by atomic mass is 9.65. The van der Waals surface area contributed by atoms with E-state index < -0.39 is 17.3 Å². The summed E-state index contributed by atoms with van der Waals surface area (Å²) < 4.78 is 0. The molecule has 0 saturated heterocycles. The average Bonchev–Trinajstić information content (AvgIpc) is 2.62. The van der Waals surface area contributed by atoms with E-state index in [1.807, 2.05) is 46.8 Å². The maximum atomic E-state index is 13.7. The molecule has 1 aromatic carbocycles. The molecule has 1 aromatic rings. The van der Waals surface area contributed by atoms with Crippen LogP contribution in [0.15, 0.2) is 12.1 Å². The summed E-state index contributed by atoms with van der Waals surface area (Å²) in [5.41, 5.74) is 2.69. The third-order valence-electron chi connectivity index (χ3n) is 6.60. The molecule has 0 aliphatic heterocycles. The van der Waals surface area contributed by atoms with Crippen LogP contribution in [0.2, 0.25) is 0 Å². The molecule has 0 aliphatic rings. The summed E-state index contributed by atoms with van der Waals surface area (Å²) in [5.74, 6) is -1.42. The predicted octanol–water partition coefficient (Wildman–Crippen LogP) is 7.69. The average molecular weight is 417 g/mol. The number of hydrogen-bond acceptors (Lipinski definition) is 2. The molecule has 1 N–H and O–H groups in total. The normalized spacial score (nSPS) is 14.5. The summed E-state index contributed by atoms with van der Waals surface area (Å²) in [4.78, 5) is 26.1. The SMILES string of the molecule is CCCCCCCCCCC(C)(C(=O)O)C(C(=O)c1c(C)cc(C)cc1C)C(C)C. The number of carboxylic acids is 1. The Balaban J connectivity index is 2.96. The molecule has 30 heavy (non-hydrogen) atoms. The van der Waals surface area contributed by atoms with Crippen LogP contribution in [0.5, 0.6) is 0 Å². The molecule has 0 heterocycles. The first-order chi connectivity index (χ1) is 14.1. The van der Waals surface area contributed by atoms with Crippen LogP contribution in [-0.4, -0.2) is 16.9 Å². The highest BCUT2D eigenvalue weighted by Crippen LogP contribution is 2.41. The highest BCUT2D eigenvalue weighted by molar-refractivity contribution is 6.03. The molecule has 0 aliphatic carbocycles. The Bertz CT molecular complexity index is 681. The Labute approximate surface area is 184 Å². The van der Waals surface area contributed by atoms with Gasteiger partial charge in [0.25, 0.3) is 0 Å². The molecule has 0 bridgehead atoms. The second kappa shape index (κ2) is 12.3. The fraction of sp³-hybridized carbons (Fsp3) is 0.704. The number of aliphatic carboxylic acids is 1.